The van der Waals surface area contributed by atoms with Gasteiger partial charge in [0.1, 0.15) is 0 Å². The number of benzene rings is 1. The van der Waals surface area contributed by atoms with Crippen LogP contribution in [0.5, 0.6) is 5.75 Å². The molecule has 0 bridgehead atoms. The SMILES string of the molecule is CC(O)CCOc1cc(C(=O)O)ccc1[N+](=O)[O-]. The second-order valence-corrected chi connectivity index (χ2v) is 3.73. The Morgan fingerprint density at radius 1 is 1.56 bits per heavy atom. The maximum Gasteiger partial charge on any atom is 0.335 e. The van der Waals surface area contributed by atoms with Gasteiger partial charge in [-0.2, -0.15) is 0 Å². The molecule has 7 heteroatoms. The highest BCUT2D eigenvalue weighted by Crippen LogP contribution is 2.28. The van der Waals surface area contributed by atoms with E-state index >= 15 is 0 Å². The van der Waals surface area contributed by atoms with Gasteiger partial charge in [-0.25, -0.2) is 4.79 Å². The summed E-state index contributed by atoms with van der Waals surface area (Å²) in [6.45, 7) is 1.63. The van der Waals surface area contributed by atoms with Gasteiger partial charge in [0.15, 0.2) is 5.75 Å². The van der Waals surface area contributed by atoms with Gasteiger partial charge in [0, 0.05) is 18.6 Å². The number of carboxylic acids is 1. The van der Waals surface area contributed by atoms with Gasteiger partial charge in [0.2, 0.25) is 0 Å². The quantitative estimate of drug-likeness (QED) is 0.588. The lowest BCUT2D eigenvalue weighted by molar-refractivity contribution is -0.385. The molecule has 0 aliphatic rings. The number of aliphatic hydroxyl groups is 1. The maximum absolute atomic E-state index is 10.8. The van der Waals surface area contributed by atoms with Crippen LogP contribution in [-0.4, -0.2) is 33.8 Å². The minimum absolute atomic E-state index is 0.0710. The molecular weight excluding hydrogens is 242 g/mol. The fourth-order valence-corrected chi connectivity index (χ4v) is 1.25. The number of hydrogen-bond donors (Lipinski definition) is 2. The molecular formula is C11H13NO6. The molecule has 98 valence electrons. The molecule has 0 fully saturated rings. The third-order valence-electron chi connectivity index (χ3n) is 2.20. The molecule has 0 amide bonds. The summed E-state index contributed by atoms with van der Waals surface area (Å²) in [7, 11) is 0. The van der Waals surface area contributed by atoms with Crippen LogP contribution < -0.4 is 4.74 Å². The number of carbonyl (C=O) groups is 1. The summed E-state index contributed by atoms with van der Waals surface area (Å²) in [5.74, 6) is -1.30. The Morgan fingerprint density at radius 3 is 2.72 bits per heavy atom. The number of hydrogen-bond acceptors (Lipinski definition) is 5. The smallest absolute Gasteiger partial charge is 0.335 e. The van der Waals surface area contributed by atoms with Crippen LogP contribution in [0, 0.1) is 10.1 Å². The minimum atomic E-state index is -1.19. The van der Waals surface area contributed by atoms with Crippen LogP contribution in [0.25, 0.3) is 0 Å². The molecule has 0 radical (unpaired) electrons. The van der Waals surface area contributed by atoms with Gasteiger partial charge in [-0.15, -0.1) is 0 Å². The number of nitrogens with zero attached hydrogens (tertiary/aromatic N) is 1. The Balaban J connectivity index is 2.93. The fraction of sp³-hybridized carbons (Fsp3) is 0.364. The first-order chi connectivity index (χ1) is 8.41. The van der Waals surface area contributed by atoms with Gasteiger partial charge in [-0.3, -0.25) is 10.1 Å². The van der Waals surface area contributed by atoms with Crippen molar-refractivity contribution in [3.8, 4) is 5.75 Å². The van der Waals surface area contributed by atoms with E-state index < -0.39 is 17.0 Å². The minimum Gasteiger partial charge on any atom is -0.487 e. The summed E-state index contributed by atoms with van der Waals surface area (Å²) in [5, 5.41) is 28.6. The van der Waals surface area contributed by atoms with Crippen LogP contribution >= 0.6 is 0 Å². The van der Waals surface area contributed by atoms with Crippen molar-refractivity contribution < 1.29 is 24.7 Å². The second-order valence-electron chi connectivity index (χ2n) is 3.73. The third kappa shape index (κ3) is 3.70. The predicted octanol–water partition coefficient (Wildman–Crippen LogP) is 1.44. The zero-order valence-electron chi connectivity index (χ0n) is 9.70. The first-order valence-corrected chi connectivity index (χ1v) is 5.24. The fourth-order valence-electron chi connectivity index (χ4n) is 1.25. The third-order valence-corrected chi connectivity index (χ3v) is 2.20. The second kappa shape index (κ2) is 5.97. The predicted molar refractivity (Wildman–Crippen MR) is 61.8 cm³/mol. The van der Waals surface area contributed by atoms with E-state index in [4.69, 9.17) is 14.9 Å². The molecule has 0 aliphatic heterocycles. The van der Waals surface area contributed by atoms with Crippen molar-refractivity contribution in [1.29, 1.82) is 0 Å². The summed E-state index contributed by atoms with van der Waals surface area (Å²) >= 11 is 0. The number of rotatable bonds is 6. The van der Waals surface area contributed by atoms with Crippen LogP contribution in [-0.2, 0) is 0 Å². The molecule has 0 heterocycles. The molecule has 0 spiro atoms. The average Bonchev–Trinajstić information content (AvgIpc) is 2.27. The number of ether oxygens (including phenoxy) is 1. The zero-order chi connectivity index (χ0) is 13.7. The lowest BCUT2D eigenvalue weighted by atomic mass is 10.2. The Kier molecular flexibility index (Phi) is 4.61. The number of nitro benzene ring substituents is 1. The highest BCUT2D eigenvalue weighted by molar-refractivity contribution is 5.88. The van der Waals surface area contributed by atoms with Crippen LogP contribution in [0.15, 0.2) is 18.2 Å². The van der Waals surface area contributed by atoms with Gasteiger partial charge in [0.25, 0.3) is 0 Å². The van der Waals surface area contributed by atoms with Crippen LogP contribution in [0.2, 0.25) is 0 Å². The molecule has 1 atom stereocenters. The lowest BCUT2D eigenvalue weighted by Gasteiger charge is -2.08. The Morgan fingerprint density at radius 2 is 2.22 bits per heavy atom. The van der Waals surface area contributed by atoms with E-state index in [-0.39, 0.29) is 23.6 Å². The topological polar surface area (TPSA) is 110 Å². The van der Waals surface area contributed by atoms with E-state index in [0.29, 0.717) is 6.42 Å². The van der Waals surface area contributed by atoms with Gasteiger partial charge >= 0.3 is 11.7 Å². The molecule has 0 aliphatic carbocycles. The van der Waals surface area contributed by atoms with E-state index in [9.17, 15) is 14.9 Å². The monoisotopic (exact) mass is 255 g/mol. The molecule has 2 N–H and O–H groups in total. The number of carboxylic acid groups (broad SMARTS) is 1. The Labute approximate surface area is 103 Å². The molecule has 1 rings (SSSR count). The summed E-state index contributed by atoms with van der Waals surface area (Å²) in [6, 6.07) is 3.33. The van der Waals surface area contributed by atoms with Crippen molar-refractivity contribution in [3.05, 3.63) is 33.9 Å². The molecule has 0 aromatic heterocycles. The summed E-state index contributed by atoms with van der Waals surface area (Å²) in [4.78, 5) is 20.8. The first kappa shape index (κ1) is 13.9. The van der Waals surface area contributed by atoms with Gasteiger partial charge < -0.3 is 14.9 Å². The van der Waals surface area contributed by atoms with Crippen molar-refractivity contribution in [2.75, 3.05) is 6.61 Å². The van der Waals surface area contributed by atoms with Crippen LogP contribution in [0.4, 0.5) is 5.69 Å². The number of aromatic carboxylic acids is 1. The van der Waals surface area contributed by atoms with Crippen molar-refractivity contribution in [1.82, 2.24) is 0 Å². The van der Waals surface area contributed by atoms with Crippen molar-refractivity contribution in [2.45, 2.75) is 19.4 Å². The maximum atomic E-state index is 10.8. The molecule has 0 saturated heterocycles. The standard InChI is InChI=1S/C11H13NO6/c1-7(13)4-5-18-10-6-8(11(14)15)2-3-9(10)12(16)17/h2-3,6-7,13H,4-5H2,1H3,(H,14,15). The van der Waals surface area contributed by atoms with E-state index in [1.165, 1.54) is 0 Å². The van der Waals surface area contributed by atoms with Crippen LogP contribution in [0.1, 0.15) is 23.7 Å². The molecule has 0 saturated carbocycles. The van der Waals surface area contributed by atoms with E-state index in [1.807, 2.05) is 0 Å². The molecule has 18 heavy (non-hydrogen) atoms. The van der Waals surface area contributed by atoms with E-state index in [2.05, 4.69) is 0 Å². The summed E-state index contributed by atoms with van der Waals surface area (Å²) in [6.07, 6.45) is -0.291. The average molecular weight is 255 g/mol. The molecule has 1 aromatic carbocycles. The molecule has 7 nitrogen and oxygen atoms in total. The van der Waals surface area contributed by atoms with Crippen molar-refractivity contribution >= 4 is 11.7 Å². The van der Waals surface area contributed by atoms with Gasteiger partial charge in [0.05, 0.1) is 23.2 Å². The van der Waals surface area contributed by atoms with Gasteiger partial charge in [-0.05, 0) is 13.0 Å². The highest BCUT2D eigenvalue weighted by Gasteiger charge is 2.17. The van der Waals surface area contributed by atoms with E-state index in [1.54, 1.807) is 6.92 Å². The lowest BCUT2D eigenvalue weighted by Crippen LogP contribution is -2.09. The first-order valence-electron chi connectivity index (χ1n) is 5.24. The zero-order valence-corrected chi connectivity index (χ0v) is 9.70. The van der Waals surface area contributed by atoms with Crippen molar-refractivity contribution in [3.63, 3.8) is 0 Å². The normalized spacial score (nSPS) is 11.9. The summed E-state index contributed by atoms with van der Waals surface area (Å²) < 4.78 is 5.14. The van der Waals surface area contributed by atoms with Crippen molar-refractivity contribution in [2.24, 2.45) is 0 Å². The largest absolute Gasteiger partial charge is 0.487 e. The number of nitro groups is 1. The Hall–Kier alpha value is -2.15. The van der Waals surface area contributed by atoms with E-state index in [0.717, 1.165) is 18.2 Å². The Bertz CT molecular complexity index is 457. The molecule has 1 aromatic rings. The molecule has 1 unspecified atom stereocenters. The number of aliphatic hydroxyl groups excluding tert-OH is 1. The van der Waals surface area contributed by atoms with Gasteiger partial charge in [-0.1, -0.05) is 0 Å². The summed E-state index contributed by atoms with van der Waals surface area (Å²) in [5.41, 5.74) is -0.391. The van der Waals surface area contributed by atoms with Crippen LogP contribution in [0.3, 0.4) is 0 Å². The highest BCUT2D eigenvalue weighted by atomic mass is 16.6.